The van der Waals surface area contributed by atoms with Crippen molar-refractivity contribution in [3.8, 4) is 0 Å². The average Bonchev–Trinajstić information content (AvgIpc) is 2.80. The first kappa shape index (κ1) is 17.5. The van der Waals surface area contributed by atoms with Crippen LogP contribution >= 0.6 is 0 Å². The van der Waals surface area contributed by atoms with Crippen molar-refractivity contribution in [2.24, 2.45) is 0 Å². The zero-order valence-corrected chi connectivity index (χ0v) is 15.4. The predicted molar refractivity (Wildman–Crippen MR) is 96.9 cm³/mol. The molecule has 2 unspecified atom stereocenters. The molecule has 1 fully saturated rings. The standard InChI is InChI=1S/C19H22N2O3S/c1-14-9-11-17(12-10-14)25(23,24)13-21-18(15(2)20(3)19(21)22)16-7-5-4-6-8-16/h4-12,15,18H,13H2,1-3H3. The van der Waals surface area contributed by atoms with E-state index >= 15 is 0 Å². The fourth-order valence-corrected chi connectivity index (χ4v) is 4.55. The fraction of sp³-hybridized carbons (Fsp3) is 0.316. The Kier molecular flexibility index (Phi) is 4.56. The molecule has 6 heteroatoms. The van der Waals surface area contributed by atoms with Gasteiger partial charge in [0.25, 0.3) is 0 Å². The summed E-state index contributed by atoms with van der Waals surface area (Å²) in [6, 6.07) is 15.6. The Morgan fingerprint density at radius 3 is 2.20 bits per heavy atom. The molecule has 132 valence electrons. The number of likely N-dealkylation sites (N-methyl/N-ethyl adjacent to an activating group) is 1. The Labute approximate surface area is 148 Å². The Bertz CT molecular complexity index is 863. The van der Waals surface area contributed by atoms with E-state index in [1.165, 1.54) is 4.90 Å². The first-order chi connectivity index (χ1) is 11.8. The lowest BCUT2D eigenvalue weighted by atomic mass is 10.0. The van der Waals surface area contributed by atoms with Gasteiger partial charge in [0, 0.05) is 7.05 Å². The van der Waals surface area contributed by atoms with E-state index in [0.29, 0.717) is 0 Å². The lowest BCUT2D eigenvalue weighted by Gasteiger charge is -2.25. The zero-order chi connectivity index (χ0) is 18.2. The first-order valence-electron chi connectivity index (χ1n) is 8.19. The van der Waals surface area contributed by atoms with Crippen molar-refractivity contribution in [2.75, 3.05) is 12.9 Å². The van der Waals surface area contributed by atoms with Crippen LogP contribution in [0.5, 0.6) is 0 Å². The third kappa shape index (κ3) is 3.26. The molecular weight excluding hydrogens is 336 g/mol. The van der Waals surface area contributed by atoms with Crippen LogP contribution in [0.1, 0.15) is 24.1 Å². The molecule has 25 heavy (non-hydrogen) atoms. The largest absolute Gasteiger partial charge is 0.323 e. The summed E-state index contributed by atoms with van der Waals surface area (Å²) in [5.41, 5.74) is 1.93. The SMILES string of the molecule is Cc1ccc(S(=O)(=O)CN2C(=O)N(C)C(C)C2c2ccccc2)cc1. The van der Waals surface area contributed by atoms with E-state index in [4.69, 9.17) is 0 Å². The van der Waals surface area contributed by atoms with E-state index in [0.717, 1.165) is 11.1 Å². The van der Waals surface area contributed by atoms with E-state index < -0.39 is 9.84 Å². The van der Waals surface area contributed by atoms with Gasteiger partial charge in [-0.25, -0.2) is 13.2 Å². The van der Waals surface area contributed by atoms with Crippen LogP contribution in [0.3, 0.4) is 0 Å². The smallest absolute Gasteiger partial charge is 0.321 e. The van der Waals surface area contributed by atoms with Crippen molar-refractivity contribution in [3.05, 3.63) is 65.7 Å². The number of benzene rings is 2. The minimum Gasteiger partial charge on any atom is -0.323 e. The van der Waals surface area contributed by atoms with Gasteiger partial charge in [0.05, 0.1) is 17.0 Å². The van der Waals surface area contributed by atoms with Gasteiger partial charge >= 0.3 is 6.03 Å². The topological polar surface area (TPSA) is 57.7 Å². The average molecular weight is 358 g/mol. The molecule has 0 bridgehead atoms. The number of hydrogen-bond acceptors (Lipinski definition) is 3. The van der Waals surface area contributed by atoms with Gasteiger partial charge in [-0.1, -0.05) is 48.0 Å². The summed E-state index contributed by atoms with van der Waals surface area (Å²) in [6.07, 6.45) is 0. The number of rotatable bonds is 4. The van der Waals surface area contributed by atoms with Gasteiger partial charge in [-0.3, -0.25) is 0 Å². The molecule has 0 aromatic heterocycles. The highest BCUT2D eigenvalue weighted by Crippen LogP contribution is 2.35. The van der Waals surface area contributed by atoms with Crippen LogP contribution < -0.4 is 0 Å². The number of aryl methyl sites for hydroxylation is 1. The second-order valence-corrected chi connectivity index (χ2v) is 8.48. The minimum absolute atomic E-state index is 0.108. The molecule has 0 saturated carbocycles. The Balaban J connectivity index is 1.96. The molecule has 2 aromatic rings. The van der Waals surface area contributed by atoms with E-state index in [-0.39, 0.29) is 28.9 Å². The predicted octanol–water partition coefficient (Wildman–Crippen LogP) is 3.22. The third-order valence-electron chi connectivity index (χ3n) is 4.78. The molecule has 2 amide bonds. The number of sulfone groups is 1. The quantitative estimate of drug-likeness (QED) is 0.843. The molecule has 0 aliphatic carbocycles. The van der Waals surface area contributed by atoms with Crippen LogP contribution in [0.2, 0.25) is 0 Å². The lowest BCUT2D eigenvalue weighted by Crippen LogP contribution is -2.35. The summed E-state index contributed by atoms with van der Waals surface area (Å²) in [6.45, 7) is 3.84. The van der Waals surface area contributed by atoms with E-state index in [2.05, 4.69) is 0 Å². The monoisotopic (exact) mass is 358 g/mol. The second-order valence-electron chi connectivity index (χ2n) is 6.52. The molecule has 2 aromatic carbocycles. The fourth-order valence-electron chi connectivity index (χ4n) is 3.22. The van der Waals surface area contributed by atoms with Crippen LogP contribution in [0.25, 0.3) is 0 Å². The maximum absolute atomic E-state index is 12.8. The molecule has 1 aliphatic heterocycles. The zero-order valence-electron chi connectivity index (χ0n) is 14.6. The maximum Gasteiger partial charge on any atom is 0.321 e. The number of nitrogens with zero attached hydrogens (tertiary/aromatic N) is 2. The number of amides is 2. The van der Waals surface area contributed by atoms with Crippen molar-refractivity contribution in [2.45, 2.75) is 30.8 Å². The van der Waals surface area contributed by atoms with Crippen LogP contribution in [-0.2, 0) is 9.84 Å². The second kappa shape index (κ2) is 6.52. The van der Waals surface area contributed by atoms with Gasteiger partial charge in [-0.05, 0) is 31.5 Å². The van der Waals surface area contributed by atoms with Crippen LogP contribution in [-0.4, -0.2) is 43.2 Å². The molecule has 1 saturated heterocycles. The number of urea groups is 1. The van der Waals surface area contributed by atoms with Crippen molar-refractivity contribution < 1.29 is 13.2 Å². The Morgan fingerprint density at radius 2 is 1.60 bits per heavy atom. The lowest BCUT2D eigenvalue weighted by molar-refractivity contribution is 0.197. The van der Waals surface area contributed by atoms with Crippen molar-refractivity contribution in [1.82, 2.24) is 9.80 Å². The van der Waals surface area contributed by atoms with Gasteiger partial charge < -0.3 is 9.80 Å². The van der Waals surface area contributed by atoms with E-state index in [1.807, 2.05) is 44.2 Å². The third-order valence-corrected chi connectivity index (χ3v) is 6.39. The van der Waals surface area contributed by atoms with Gasteiger partial charge in [-0.15, -0.1) is 0 Å². The molecule has 5 nitrogen and oxygen atoms in total. The highest BCUT2D eigenvalue weighted by Gasteiger charge is 2.43. The van der Waals surface area contributed by atoms with Crippen LogP contribution in [0, 0.1) is 6.92 Å². The summed E-state index contributed by atoms with van der Waals surface area (Å²) in [5.74, 6) is -0.330. The summed E-state index contributed by atoms with van der Waals surface area (Å²) < 4.78 is 25.6. The molecule has 0 spiro atoms. The Morgan fingerprint density at radius 1 is 1.00 bits per heavy atom. The number of hydrogen-bond donors (Lipinski definition) is 0. The molecule has 3 rings (SSSR count). The van der Waals surface area contributed by atoms with E-state index in [9.17, 15) is 13.2 Å². The van der Waals surface area contributed by atoms with Crippen molar-refractivity contribution in [1.29, 1.82) is 0 Å². The molecule has 0 radical (unpaired) electrons. The first-order valence-corrected chi connectivity index (χ1v) is 9.84. The van der Waals surface area contributed by atoms with Gasteiger partial charge in [0.2, 0.25) is 0 Å². The molecular formula is C19H22N2O3S. The molecule has 1 aliphatic rings. The van der Waals surface area contributed by atoms with Gasteiger partial charge in [-0.2, -0.15) is 0 Å². The van der Waals surface area contributed by atoms with Crippen LogP contribution in [0.4, 0.5) is 4.79 Å². The molecule has 2 atom stereocenters. The maximum atomic E-state index is 12.8. The number of carbonyl (C=O) groups is 1. The van der Waals surface area contributed by atoms with Gasteiger partial charge in [0.1, 0.15) is 5.88 Å². The number of carbonyl (C=O) groups excluding carboxylic acids is 1. The summed E-state index contributed by atoms with van der Waals surface area (Å²) in [7, 11) is -1.89. The summed E-state index contributed by atoms with van der Waals surface area (Å²) >= 11 is 0. The highest BCUT2D eigenvalue weighted by molar-refractivity contribution is 7.91. The van der Waals surface area contributed by atoms with E-state index in [1.54, 1.807) is 36.2 Å². The van der Waals surface area contributed by atoms with Gasteiger partial charge in [0.15, 0.2) is 9.84 Å². The molecule has 1 heterocycles. The Hall–Kier alpha value is -2.34. The minimum atomic E-state index is -3.60. The van der Waals surface area contributed by atoms with Crippen LogP contribution in [0.15, 0.2) is 59.5 Å². The van der Waals surface area contributed by atoms with Crippen molar-refractivity contribution >= 4 is 15.9 Å². The van der Waals surface area contributed by atoms with Crippen molar-refractivity contribution in [3.63, 3.8) is 0 Å². The summed E-state index contributed by atoms with van der Waals surface area (Å²) in [5, 5.41) is 0. The highest BCUT2D eigenvalue weighted by atomic mass is 32.2. The summed E-state index contributed by atoms with van der Waals surface area (Å²) in [4.78, 5) is 15.9. The normalized spacial score (nSPS) is 21.0. The molecule has 0 N–H and O–H groups in total.